The number of carbonyl (C=O) groups is 1. The average Bonchev–Trinajstić information content (AvgIpc) is 3.20. The molecule has 0 aromatic carbocycles. The first kappa shape index (κ1) is 15.3. The fourth-order valence-electron chi connectivity index (χ4n) is 3.74. The van der Waals surface area contributed by atoms with Gasteiger partial charge in [-0.1, -0.05) is 6.07 Å². The van der Waals surface area contributed by atoms with Crippen LogP contribution in [0.25, 0.3) is 0 Å². The summed E-state index contributed by atoms with van der Waals surface area (Å²) in [5.41, 5.74) is 0.908. The number of piperidine rings is 1. The minimum Gasteiger partial charge on any atom is -0.425 e. The molecule has 0 N–H and O–H groups in total. The van der Waals surface area contributed by atoms with Crippen LogP contribution >= 0.6 is 0 Å². The highest BCUT2D eigenvalue weighted by Gasteiger charge is 2.53. The third-order valence-electron chi connectivity index (χ3n) is 4.96. The summed E-state index contributed by atoms with van der Waals surface area (Å²) in [4.78, 5) is 19.1. The molecule has 2 atom stereocenters. The number of hydrogen-bond acceptors (Lipinski definition) is 6. The summed E-state index contributed by atoms with van der Waals surface area (Å²) in [6.45, 7) is 5.48. The Morgan fingerprint density at radius 2 is 2.21 bits per heavy atom. The van der Waals surface area contributed by atoms with Crippen LogP contribution in [0.15, 0.2) is 22.6 Å². The molecule has 126 valence electrons. The number of likely N-dealkylation sites (tertiary alicyclic amines) is 1. The SMILES string of the molecule is Cc1cccc(C(=O)N2CC[C@H]3OCC[C@@]3(c3nnc(C)o3)C2)n1. The molecule has 7 heteroatoms. The fourth-order valence-corrected chi connectivity index (χ4v) is 3.74. The number of ether oxygens (including phenoxy) is 1. The third-order valence-corrected chi connectivity index (χ3v) is 4.96. The van der Waals surface area contributed by atoms with Crippen LogP contribution in [0, 0.1) is 13.8 Å². The zero-order valence-corrected chi connectivity index (χ0v) is 13.9. The number of rotatable bonds is 2. The molecule has 7 nitrogen and oxygen atoms in total. The highest BCUT2D eigenvalue weighted by molar-refractivity contribution is 5.92. The van der Waals surface area contributed by atoms with E-state index in [1.165, 1.54) is 0 Å². The average molecular weight is 328 g/mol. The van der Waals surface area contributed by atoms with E-state index in [0.717, 1.165) is 18.5 Å². The predicted octanol–water partition coefficient (Wildman–Crippen LogP) is 1.65. The second kappa shape index (κ2) is 5.66. The van der Waals surface area contributed by atoms with Crippen molar-refractivity contribution < 1.29 is 13.9 Å². The van der Waals surface area contributed by atoms with Crippen molar-refractivity contribution in [2.45, 2.75) is 38.2 Å². The lowest BCUT2D eigenvalue weighted by atomic mass is 9.76. The van der Waals surface area contributed by atoms with Crippen molar-refractivity contribution in [1.82, 2.24) is 20.1 Å². The van der Waals surface area contributed by atoms with E-state index in [-0.39, 0.29) is 12.0 Å². The minimum absolute atomic E-state index is 0.0202. The van der Waals surface area contributed by atoms with Gasteiger partial charge in [-0.25, -0.2) is 4.98 Å². The smallest absolute Gasteiger partial charge is 0.272 e. The number of hydrogen-bond donors (Lipinski definition) is 0. The largest absolute Gasteiger partial charge is 0.425 e. The molecule has 4 heterocycles. The highest BCUT2D eigenvalue weighted by Crippen LogP contribution is 2.43. The molecule has 0 spiro atoms. The van der Waals surface area contributed by atoms with Gasteiger partial charge in [0.15, 0.2) is 0 Å². The van der Waals surface area contributed by atoms with Crippen LogP contribution in [-0.2, 0) is 10.2 Å². The normalized spacial score (nSPS) is 26.4. The Balaban J connectivity index is 1.64. The molecule has 2 aliphatic heterocycles. The Kier molecular flexibility index (Phi) is 3.60. The summed E-state index contributed by atoms with van der Waals surface area (Å²) in [5.74, 6) is 1.06. The Morgan fingerprint density at radius 1 is 1.33 bits per heavy atom. The molecule has 0 saturated carbocycles. The van der Waals surface area contributed by atoms with Gasteiger partial charge >= 0.3 is 0 Å². The standard InChI is InChI=1S/C17H20N4O3/c1-11-4-3-5-13(18-11)15(22)21-8-6-14-17(10-21,7-9-23-14)16-20-19-12(2)24-16/h3-5,14H,6-10H2,1-2H3/t14-,17-/m1/s1. The van der Waals surface area contributed by atoms with Crippen molar-refractivity contribution >= 4 is 5.91 Å². The van der Waals surface area contributed by atoms with Gasteiger partial charge in [0.2, 0.25) is 11.8 Å². The van der Waals surface area contributed by atoms with Crippen LogP contribution in [0.5, 0.6) is 0 Å². The van der Waals surface area contributed by atoms with Crippen molar-refractivity contribution in [3.8, 4) is 0 Å². The van der Waals surface area contributed by atoms with Gasteiger partial charge in [0, 0.05) is 32.3 Å². The molecular formula is C17H20N4O3. The van der Waals surface area contributed by atoms with Gasteiger partial charge in [0.1, 0.15) is 5.69 Å². The van der Waals surface area contributed by atoms with E-state index < -0.39 is 5.41 Å². The van der Waals surface area contributed by atoms with Crippen LogP contribution < -0.4 is 0 Å². The number of fused-ring (bicyclic) bond motifs is 1. The number of carbonyl (C=O) groups excluding carboxylic acids is 1. The lowest BCUT2D eigenvalue weighted by Crippen LogP contribution is -2.54. The Morgan fingerprint density at radius 3 is 2.96 bits per heavy atom. The number of amides is 1. The van der Waals surface area contributed by atoms with E-state index in [4.69, 9.17) is 9.15 Å². The number of aromatic nitrogens is 3. The molecule has 2 aromatic heterocycles. The first-order chi connectivity index (χ1) is 11.6. The first-order valence-corrected chi connectivity index (χ1v) is 8.24. The molecular weight excluding hydrogens is 308 g/mol. The van der Waals surface area contributed by atoms with E-state index in [2.05, 4.69) is 15.2 Å². The van der Waals surface area contributed by atoms with E-state index in [1.807, 2.05) is 24.0 Å². The summed E-state index contributed by atoms with van der Waals surface area (Å²) in [6, 6.07) is 5.50. The summed E-state index contributed by atoms with van der Waals surface area (Å²) >= 11 is 0. The quantitative estimate of drug-likeness (QED) is 0.834. The van der Waals surface area contributed by atoms with E-state index in [0.29, 0.717) is 37.2 Å². The van der Waals surface area contributed by atoms with Crippen molar-refractivity contribution in [2.24, 2.45) is 0 Å². The fraction of sp³-hybridized carbons (Fsp3) is 0.529. The molecule has 2 aliphatic rings. The Hall–Kier alpha value is -2.28. The van der Waals surface area contributed by atoms with Crippen molar-refractivity contribution in [3.63, 3.8) is 0 Å². The molecule has 0 bridgehead atoms. The zero-order chi connectivity index (χ0) is 16.7. The molecule has 0 radical (unpaired) electrons. The summed E-state index contributed by atoms with van der Waals surface area (Å²) in [5, 5.41) is 8.20. The van der Waals surface area contributed by atoms with Gasteiger partial charge in [0.25, 0.3) is 5.91 Å². The van der Waals surface area contributed by atoms with Crippen molar-refractivity contribution in [2.75, 3.05) is 19.7 Å². The monoisotopic (exact) mass is 328 g/mol. The molecule has 0 aliphatic carbocycles. The molecule has 2 fully saturated rings. The van der Waals surface area contributed by atoms with Crippen molar-refractivity contribution in [3.05, 3.63) is 41.4 Å². The third kappa shape index (κ3) is 2.39. The van der Waals surface area contributed by atoms with Crippen LogP contribution in [0.1, 0.15) is 40.8 Å². The maximum Gasteiger partial charge on any atom is 0.272 e. The van der Waals surface area contributed by atoms with Gasteiger partial charge in [-0.15, -0.1) is 10.2 Å². The van der Waals surface area contributed by atoms with E-state index in [1.54, 1.807) is 13.0 Å². The maximum atomic E-state index is 12.9. The Bertz CT molecular complexity index is 775. The summed E-state index contributed by atoms with van der Waals surface area (Å²) in [7, 11) is 0. The molecule has 2 saturated heterocycles. The van der Waals surface area contributed by atoms with Gasteiger partial charge in [-0.3, -0.25) is 4.79 Å². The van der Waals surface area contributed by atoms with Gasteiger partial charge in [-0.05, 0) is 31.9 Å². The lowest BCUT2D eigenvalue weighted by molar-refractivity contribution is 0.00945. The van der Waals surface area contributed by atoms with Crippen molar-refractivity contribution in [1.29, 1.82) is 0 Å². The topological polar surface area (TPSA) is 81.4 Å². The second-order valence-corrected chi connectivity index (χ2v) is 6.57. The predicted molar refractivity (Wildman–Crippen MR) is 84.6 cm³/mol. The molecule has 24 heavy (non-hydrogen) atoms. The zero-order valence-electron chi connectivity index (χ0n) is 13.9. The van der Waals surface area contributed by atoms with Crippen LogP contribution in [-0.4, -0.2) is 51.8 Å². The minimum atomic E-state index is -0.404. The lowest BCUT2D eigenvalue weighted by Gasteiger charge is -2.41. The molecule has 1 amide bonds. The molecule has 0 unspecified atom stereocenters. The van der Waals surface area contributed by atoms with Crippen LogP contribution in [0.4, 0.5) is 0 Å². The molecule has 2 aromatic rings. The maximum absolute atomic E-state index is 12.9. The number of nitrogens with zero attached hydrogens (tertiary/aromatic N) is 4. The first-order valence-electron chi connectivity index (χ1n) is 8.24. The number of aryl methyl sites for hydroxylation is 2. The number of pyridine rings is 1. The van der Waals surface area contributed by atoms with E-state index in [9.17, 15) is 4.79 Å². The van der Waals surface area contributed by atoms with Crippen LogP contribution in [0.3, 0.4) is 0 Å². The van der Waals surface area contributed by atoms with Crippen LogP contribution in [0.2, 0.25) is 0 Å². The van der Waals surface area contributed by atoms with Gasteiger partial charge in [0.05, 0.1) is 11.5 Å². The van der Waals surface area contributed by atoms with Gasteiger partial charge < -0.3 is 14.1 Å². The summed E-state index contributed by atoms with van der Waals surface area (Å²) in [6.07, 6.45) is 1.57. The van der Waals surface area contributed by atoms with E-state index >= 15 is 0 Å². The highest BCUT2D eigenvalue weighted by atomic mass is 16.5. The Labute approximate surface area is 140 Å². The van der Waals surface area contributed by atoms with Gasteiger partial charge in [-0.2, -0.15) is 0 Å². The second-order valence-electron chi connectivity index (χ2n) is 6.57. The summed E-state index contributed by atoms with van der Waals surface area (Å²) < 4.78 is 11.6. The molecule has 4 rings (SSSR count).